The number of rotatable bonds is 11. The highest BCUT2D eigenvalue weighted by atomic mass is 16.4. The molecule has 0 aliphatic carbocycles. The Morgan fingerprint density at radius 3 is 1.37 bits per heavy atom. The molecule has 174 valence electrons. The Morgan fingerprint density at radius 2 is 1.13 bits per heavy atom. The van der Waals surface area contributed by atoms with E-state index in [1.165, 1.54) is 0 Å². The zero-order valence-electron chi connectivity index (χ0n) is 19.0. The molecule has 6 N–H and O–H groups in total. The molecule has 0 bridgehead atoms. The Balaban J connectivity index is 1.67. The summed E-state index contributed by atoms with van der Waals surface area (Å²) in [6.07, 6.45) is 4.40. The van der Waals surface area contributed by atoms with Crippen LogP contribution in [0.25, 0.3) is 0 Å². The van der Waals surface area contributed by atoms with Gasteiger partial charge < -0.3 is 31.5 Å². The molecule has 2 fully saturated rings. The van der Waals surface area contributed by atoms with E-state index >= 15 is 0 Å². The zero-order chi connectivity index (χ0) is 22.3. The summed E-state index contributed by atoms with van der Waals surface area (Å²) in [5.41, 5.74) is 0. The molecule has 2 rings (SSSR count). The standard InChI is InChI=1S/C22H42N4O4/c1-13(2)19(21(27)28)25-11-15-5-7-17(23-9-15)18-8-6-16(10-24-18)12-26-20(14(3)4)22(29)30/h13-20,23-26H,5-12H2,1-4H3,(H,27,28)(H,29,30). The first kappa shape index (κ1) is 25.0. The number of carboxylic acid groups (broad SMARTS) is 2. The molecule has 6 atom stereocenters. The van der Waals surface area contributed by atoms with Crippen molar-refractivity contribution < 1.29 is 19.8 Å². The molecule has 0 radical (unpaired) electrons. The quantitative estimate of drug-likeness (QED) is 0.291. The van der Waals surface area contributed by atoms with E-state index in [0.717, 1.165) is 51.9 Å². The maximum absolute atomic E-state index is 11.3. The summed E-state index contributed by atoms with van der Waals surface area (Å²) >= 11 is 0. The highest BCUT2D eigenvalue weighted by Crippen LogP contribution is 2.23. The summed E-state index contributed by atoms with van der Waals surface area (Å²) in [7, 11) is 0. The van der Waals surface area contributed by atoms with Crippen molar-refractivity contribution >= 4 is 11.9 Å². The van der Waals surface area contributed by atoms with E-state index in [4.69, 9.17) is 0 Å². The molecular formula is C22H42N4O4. The minimum Gasteiger partial charge on any atom is -0.480 e. The van der Waals surface area contributed by atoms with Crippen LogP contribution >= 0.6 is 0 Å². The first-order valence-electron chi connectivity index (χ1n) is 11.6. The van der Waals surface area contributed by atoms with Crippen LogP contribution in [0.15, 0.2) is 0 Å². The molecule has 2 aliphatic rings. The van der Waals surface area contributed by atoms with E-state index < -0.39 is 24.0 Å². The lowest BCUT2D eigenvalue weighted by Gasteiger charge is -2.39. The number of carboxylic acids is 2. The van der Waals surface area contributed by atoms with Crippen LogP contribution in [0.3, 0.4) is 0 Å². The minimum absolute atomic E-state index is 0.0759. The third-order valence-corrected chi connectivity index (χ3v) is 6.71. The van der Waals surface area contributed by atoms with Crippen molar-refractivity contribution in [3.05, 3.63) is 0 Å². The third-order valence-electron chi connectivity index (χ3n) is 6.71. The zero-order valence-corrected chi connectivity index (χ0v) is 19.0. The fraction of sp³-hybridized carbons (Fsp3) is 0.909. The van der Waals surface area contributed by atoms with Crippen LogP contribution in [0.1, 0.15) is 53.4 Å². The van der Waals surface area contributed by atoms with Crippen molar-refractivity contribution in [1.29, 1.82) is 0 Å². The number of hydrogen-bond donors (Lipinski definition) is 6. The van der Waals surface area contributed by atoms with Crippen molar-refractivity contribution in [2.75, 3.05) is 26.2 Å². The molecule has 8 heteroatoms. The summed E-state index contributed by atoms with van der Waals surface area (Å²) in [4.78, 5) is 22.7. The van der Waals surface area contributed by atoms with E-state index in [1.807, 2.05) is 27.7 Å². The van der Waals surface area contributed by atoms with Gasteiger partial charge in [0.05, 0.1) is 0 Å². The predicted octanol–water partition coefficient (Wildman–Crippen LogP) is 1.12. The molecule has 6 unspecified atom stereocenters. The molecule has 0 aromatic carbocycles. The molecule has 0 aromatic heterocycles. The largest absolute Gasteiger partial charge is 0.480 e. The molecular weight excluding hydrogens is 384 g/mol. The van der Waals surface area contributed by atoms with Gasteiger partial charge in [-0.05, 0) is 75.5 Å². The summed E-state index contributed by atoms with van der Waals surface area (Å²) in [6.45, 7) is 11.0. The molecule has 0 spiro atoms. The SMILES string of the molecule is CC(C)C(NCC1CCC(C2CCC(CNC(C(=O)O)C(C)C)CN2)NC1)C(=O)O. The Hall–Kier alpha value is -1.22. The van der Waals surface area contributed by atoms with Crippen molar-refractivity contribution in [2.45, 2.75) is 77.5 Å². The predicted molar refractivity (Wildman–Crippen MR) is 118 cm³/mol. The van der Waals surface area contributed by atoms with Gasteiger partial charge in [-0.3, -0.25) is 9.59 Å². The molecule has 2 saturated heterocycles. The van der Waals surface area contributed by atoms with Gasteiger partial charge in [0.2, 0.25) is 0 Å². The normalized spacial score (nSPS) is 29.7. The monoisotopic (exact) mass is 426 g/mol. The van der Waals surface area contributed by atoms with Crippen LogP contribution < -0.4 is 21.3 Å². The van der Waals surface area contributed by atoms with Gasteiger partial charge >= 0.3 is 11.9 Å². The van der Waals surface area contributed by atoms with E-state index in [2.05, 4.69) is 21.3 Å². The fourth-order valence-electron chi connectivity index (χ4n) is 4.71. The number of nitrogens with one attached hydrogen (secondary N) is 4. The molecule has 0 amide bonds. The molecule has 30 heavy (non-hydrogen) atoms. The van der Waals surface area contributed by atoms with Gasteiger partial charge in [0.15, 0.2) is 0 Å². The van der Waals surface area contributed by atoms with Crippen molar-refractivity contribution in [1.82, 2.24) is 21.3 Å². The number of hydrogen-bond acceptors (Lipinski definition) is 6. The first-order chi connectivity index (χ1) is 14.2. The van der Waals surface area contributed by atoms with Crippen LogP contribution in [0.4, 0.5) is 0 Å². The van der Waals surface area contributed by atoms with Gasteiger partial charge in [-0.25, -0.2) is 0 Å². The lowest BCUT2D eigenvalue weighted by Crippen LogP contribution is -2.56. The van der Waals surface area contributed by atoms with Crippen molar-refractivity contribution in [3.63, 3.8) is 0 Å². The Labute approximate surface area is 181 Å². The summed E-state index contributed by atoms with van der Waals surface area (Å²) in [5.74, 6) is -0.466. The fourth-order valence-corrected chi connectivity index (χ4v) is 4.71. The van der Waals surface area contributed by atoms with E-state index in [9.17, 15) is 19.8 Å². The van der Waals surface area contributed by atoms with Crippen LogP contribution in [0.5, 0.6) is 0 Å². The van der Waals surface area contributed by atoms with Crippen LogP contribution in [-0.2, 0) is 9.59 Å². The Bertz CT molecular complexity index is 493. The van der Waals surface area contributed by atoms with Gasteiger partial charge in [-0.1, -0.05) is 27.7 Å². The van der Waals surface area contributed by atoms with E-state index in [0.29, 0.717) is 23.9 Å². The van der Waals surface area contributed by atoms with Crippen LogP contribution in [0, 0.1) is 23.7 Å². The smallest absolute Gasteiger partial charge is 0.320 e. The van der Waals surface area contributed by atoms with Crippen LogP contribution in [-0.4, -0.2) is 72.5 Å². The highest BCUT2D eigenvalue weighted by molar-refractivity contribution is 5.74. The third kappa shape index (κ3) is 7.48. The summed E-state index contributed by atoms with van der Waals surface area (Å²) in [5, 5.41) is 32.4. The van der Waals surface area contributed by atoms with Gasteiger partial charge in [0.25, 0.3) is 0 Å². The average Bonchev–Trinajstić information content (AvgIpc) is 2.68. The van der Waals surface area contributed by atoms with Gasteiger partial charge in [-0.2, -0.15) is 0 Å². The Morgan fingerprint density at radius 1 is 0.767 bits per heavy atom. The number of carbonyl (C=O) groups is 2. The Kier molecular flexibility index (Phi) is 10.0. The second-order valence-electron chi connectivity index (χ2n) is 9.85. The second kappa shape index (κ2) is 12.0. The van der Waals surface area contributed by atoms with Gasteiger partial charge in [-0.15, -0.1) is 0 Å². The van der Waals surface area contributed by atoms with Crippen LogP contribution in [0.2, 0.25) is 0 Å². The molecule has 0 saturated carbocycles. The lowest BCUT2D eigenvalue weighted by atomic mass is 9.85. The maximum Gasteiger partial charge on any atom is 0.320 e. The molecule has 8 nitrogen and oxygen atoms in total. The second-order valence-corrected chi connectivity index (χ2v) is 9.85. The molecule has 2 aliphatic heterocycles. The van der Waals surface area contributed by atoms with Crippen molar-refractivity contribution in [2.24, 2.45) is 23.7 Å². The molecule has 0 aromatic rings. The highest BCUT2D eigenvalue weighted by Gasteiger charge is 2.31. The number of piperidine rings is 2. The average molecular weight is 427 g/mol. The molecule has 2 heterocycles. The summed E-state index contributed by atoms with van der Waals surface area (Å²) < 4.78 is 0. The maximum atomic E-state index is 11.3. The lowest BCUT2D eigenvalue weighted by molar-refractivity contribution is -0.141. The van der Waals surface area contributed by atoms with E-state index in [1.54, 1.807) is 0 Å². The minimum atomic E-state index is -0.773. The van der Waals surface area contributed by atoms with Gasteiger partial charge in [0, 0.05) is 12.1 Å². The van der Waals surface area contributed by atoms with Gasteiger partial charge in [0.1, 0.15) is 12.1 Å². The van der Waals surface area contributed by atoms with Crippen molar-refractivity contribution in [3.8, 4) is 0 Å². The number of aliphatic carboxylic acids is 2. The van der Waals surface area contributed by atoms with E-state index in [-0.39, 0.29) is 11.8 Å². The first-order valence-corrected chi connectivity index (χ1v) is 11.6. The topological polar surface area (TPSA) is 123 Å². The summed E-state index contributed by atoms with van der Waals surface area (Å²) in [6, 6.07) is -0.0506.